The molecule has 2 bridgehead atoms. The van der Waals surface area contributed by atoms with Crippen LogP contribution in [0.1, 0.15) is 22.5 Å². The Morgan fingerprint density at radius 2 is 1.81 bits per heavy atom. The lowest BCUT2D eigenvalue weighted by Gasteiger charge is -2.40. The molecule has 0 saturated carbocycles. The molecule has 6 nitrogen and oxygen atoms in total. The third-order valence-corrected chi connectivity index (χ3v) is 7.37. The van der Waals surface area contributed by atoms with E-state index in [0.717, 1.165) is 35.6 Å². The number of nitrogens with zero attached hydrogens (tertiary/aromatic N) is 4. The largest absolute Gasteiger partial charge is 0.377 e. The number of amides is 1. The normalized spacial score (nSPS) is 20.4. The van der Waals surface area contributed by atoms with Crippen molar-refractivity contribution in [1.82, 2.24) is 19.2 Å². The molecule has 2 aromatic heterocycles. The molecule has 4 heterocycles. The van der Waals surface area contributed by atoms with Gasteiger partial charge < -0.3 is 14.0 Å². The van der Waals surface area contributed by atoms with E-state index in [9.17, 15) is 9.18 Å². The van der Waals surface area contributed by atoms with Crippen LogP contribution < -0.4 is 0 Å². The van der Waals surface area contributed by atoms with Crippen molar-refractivity contribution in [3.63, 3.8) is 0 Å². The Hall–Kier alpha value is -3.26. The molecule has 0 radical (unpaired) electrons. The van der Waals surface area contributed by atoms with Gasteiger partial charge in [-0.05, 0) is 42.8 Å². The van der Waals surface area contributed by atoms with Gasteiger partial charge in [-0.15, -0.1) is 0 Å². The highest BCUT2D eigenvalue weighted by molar-refractivity contribution is 6.30. The summed E-state index contributed by atoms with van der Waals surface area (Å²) in [6.45, 7) is 3.00. The van der Waals surface area contributed by atoms with Gasteiger partial charge in [0.25, 0.3) is 5.91 Å². The molecule has 8 heteroatoms. The number of imidazole rings is 1. The second kappa shape index (κ2) is 9.65. The number of fused-ring (bicyclic) bond motifs is 3. The molecule has 184 valence electrons. The summed E-state index contributed by atoms with van der Waals surface area (Å²) in [5.41, 5.74) is 4.00. The van der Waals surface area contributed by atoms with Crippen LogP contribution in [0.4, 0.5) is 4.39 Å². The van der Waals surface area contributed by atoms with Crippen LogP contribution in [0.2, 0.25) is 5.02 Å². The Bertz CT molecular complexity index is 1410. The maximum absolute atomic E-state index is 14.5. The predicted octanol–water partition coefficient (Wildman–Crippen LogP) is 4.91. The molecule has 2 fully saturated rings. The summed E-state index contributed by atoms with van der Waals surface area (Å²) in [4.78, 5) is 22.6. The molecule has 0 N–H and O–H groups in total. The maximum atomic E-state index is 14.5. The van der Waals surface area contributed by atoms with E-state index in [4.69, 9.17) is 21.3 Å². The van der Waals surface area contributed by atoms with Gasteiger partial charge in [0.2, 0.25) is 0 Å². The van der Waals surface area contributed by atoms with Crippen molar-refractivity contribution >= 4 is 23.2 Å². The van der Waals surface area contributed by atoms with Gasteiger partial charge >= 0.3 is 0 Å². The summed E-state index contributed by atoms with van der Waals surface area (Å²) < 4.78 is 22.5. The van der Waals surface area contributed by atoms with Gasteiger partial charge in [0.15, 0.2) is 0 Å². The minimum atomic E-state index is -0.485. The van der Waals surface area contributed by atoms with Crippen LogP contribution in [0.3, 0.4) is 0 Å². The fourth-order valence-corrected chi connectivity index (χ4v) is 5.51. The Labute approximate surface area is 213 Å². The van der Waals surface area contributed by atoms with Crippen LogP contribution >= 0.6 is 11.6 Å². The smallest absolute Gasteiger partial charge is 0.257 e. The molecule has 1 amide bonds. The van der Waals surface area contributed by atoms with Crippen LogP contribution in [0.5, 0.6) is 0 Å². The summed E-state index contributed by atoms with van der Waals surface area (Å²) in [6, 6.07) is 19.7. The Kier molecular flexibility index (Phi) is 6.21. The van der Waals surface area contributed by atoms with E-state index in [0.29, 0.717) is 31.3 Å². The van der Waals surface area contributed by atoms with E-state index in [1.54, 1.807) is 18.2 Å². The SMILES string of the molecule is O=C(c1ccccc1F)N1C2CCN(Cc3c(-c4ccc(Cl)cc4)nc4ccccn34)CC1COC2. The lowest BCUT2D eigenvalue weighted by atomic mass is 10.1. The minimum absolute atomic E-state index is 0.0845. The number of aromatic nitrogens is 2. The van der Waals surface area contributed by atoms with Gasteiger partial charge in [-0.2, -0.15) is 0 Å². The standard InChI is InChI=1S/C28H26ClFN4O2/c29-20-10-8-19(9-11-20)27-25(33-13-4-3-7-26(33)31-27)16-32-14-12-21-17-36-18-22(15-32)34(21)28(35)23-5-1-2-6-24(23)30/h1-11,13,21-22H,12,14-18H2. The zero-order valence-electron chi connectivity index (χ0n) is 19.7. The number of morpholine rings is 1. The summed E-state index contributed by atoms with van der Waals surface area (Å²) in [6.07, 6.45) is 2.79. The van der Waals surface area contributed by atoms with Crippen molar-refractivity contribution in [3.8, 4) is 11.3 Å². The molecule has 6 rings (SSSR count). The van der Waals surface area contributed by atoms with Crippen LogP contribution in [-0.2, 0) is 11.3 Å². The van der Waals surface area contributed by atoms with Gasteiger partial charge in [-0.1, -0.05) is 41.9 Å². The average molecular weight is 505 g/mol. The van der Waals surface area contributed by atoms with Crippen LogP contribution in [0.15, 0.2) is 72.9 Å². The molecular formula is C28H26ClFN4O2. The second-order valence-electron chi connectivity index (χ2n) is 9.40. The highest BCUT2D eigenvalue weighted by Gasteiger charge is 2.39. The fraction of sp³-hybridized carbons (Fsp3) is 0.286. The minimum Gasteiger partial charge on any atom is -0.377 e. The van der Waals surface area contributed by atoms with E-state index in [1.165, 1.54) is 6.07 Å². The first-order chi connectivity index (χ1) is 17.6. The molecule has 2 atom stereocenters. The molecule has 0 aliphatic carbocycles. The number of halogens is 2. The van der Waals surface area contributed by atoms with Gasteiger partial charge in [-0.25, -0.2) is 9.37 Å². The first kappa shape index (κ1) is 23.2. The molecule has 2 saturated heterocycles. The highest BCUT2D eigenvalue weighted by Crippen LogP contribution is 2.30. The second-order valence-corrected chi connectivity index (χ2v) is 9.84. The van der Waals surface area contributed by atoms with Gasteiger partial charge in [0.1, 0.15) is 11.5 Å². The lowest BCUT2D eigenvalue weighted by molar-refractivity contribution is -0.0328. The molecule has 0 spiro atoms. The van der Waals surface area contributed by atoms with Gasteiger partial charge in [0.05, 0.1) is 42.2 Å². The zero-order chi connectivity index (χ0) is 24.6. The molecule has 4 aromatic rings. The molecule has 2 aliphatic rings. The maximum Gasteiger partial charge on any atom is 0.257 e. The predicted molar refractivity (Wildman–Crippen MR) is 136 cm³/mol. The number of ether oxygens (including phenoxy) is 1. The monoisotopic (exact) mass is 504 g/mol. The van der Waals surface area contributed by atoms with E-state index in [2.05, 4.69) is 9.30 Å². The van der Waals surface area contributed by atoms with Crippen molar-refractivity contribution in [2.75, 3.05) is 26.3 Å². The third-order valence-electron chi connectivity index (χ3n) is 7.11. The summed E-state index contributed by atoms with van der Waals surface area (Å²) in [5, 5.41) is 0.684. The number of hydrogen-bond donors (Lipinski definition) is 0. The average Bonchev–Trinajstić information content (AvgIpc) is 3.21. The number of hydrogen-bond acceptors (Lipinski definition) is 4. The van der Waals surface area contributed by atoms with Crippen molar-refractivity contribution in [1.29, 1.82) is 0 Å². The van der Waals surface area contributed by atoms with Crippen molar-refractivity contribution in [2.24, 2.45) is 0 Å². The summed E-state index contributed by atoms with van der Waals surface area (Å²) >= 11 is 6.13. The van der Waals surface area contributed by atoms with Crippen molar-refractivity contribution < 1.29 is 13.9 Å². The summed E-state index contributed by atoms with van der Waals surface area (Å²) in [7, 11) is 0. The van der Waals surface area contributed by atoms with Crippen molar-refractivity contribution in [2.45, 2.75) is 25.0 Å². The van der Waals surface area contributed by atoms with E-state index >= 15 is 0 Å². The Morgan fingerprint density at radius 1 is 1.03 bits per heavy atom. The molecule has 2 unspecified atom stereocenters. The fourth-order valence-electron chi connectivity index (χ4n) is 5.38. The number of pyridine rings is 1. The number of benzene rings is 2. The van der Waals surface area contributed by atoms with E-state index in [1.807, 2.05) is 53.6 Å². The Morgan fingerprint density at radius 3 is 2.64 bits per heavy atom. The summed E-state index contributed by atoms with van der Waals surface area (Å²) in [5.74, 6) is -0.745. The lowest BCUT2D eigenvalue weighted by Crippen LogP contribution is -2.56. The molecule has 36 heavy (non-hydrogen) atoms. The van der Waals surface area contributed by atoms with Crippen LogP contribution in [0.25, 0.3) is 16.9 Å². The quantitative estimate of drug-likeness (QED) is 0.396. The number of rotatable bonds is 4. The molecular weight excluding hydrogens is 479 g/mol. The third kappa shape index (κ3) is 4.28. The van der Waals surface area contributed by atoms with E-state index < -0.39 is 5.82 Å². The topological polar surface area (TPSA) is 50.1 Å². The van der Waals surface area contributed by atoms with Crippen molar-refractivity contribution in [3.05, 3.63) is 95.0 Å². The molecule has 2 aliphatic heterocycles. The van der Waals surface area contributed by atoms with Gasteiger partial charge in [0, 0.05) is 36.4 Å². The van der Waals surface area contributed by atoms with Crippen LogP contribution in [0, 0.1) is 5.82 Å². The van der Waals surface area contributed by atoms with E-state index in [-0.39, 0.29) is 23.6 Å². The van der Waals surface area contributed by atoms with Crippen LogP contribution in [-0.4, -0.2) is 63.5 Å². The zero-order valence-corrected chi connectivity index (χ0v) is 20.4. The Balaban J connectivity index is 1.32. The molecule has 2 aromatic carbocycles. The first-order valence-electron chi connectivity index (χ1n) is 12.2. The number of carbonyl (C=O) groups excluding carboxylic acids is 1. The highest BCUT2D eigenvalue weighted by atomic mass is 35.5. The van der Waals surface area contributed by atoms with Gasteiger partial charge in [-0.3, -0.25) is 9.69 Å². The first-order valence-corrected chi connectivity index (χ1v) is 12.6. The number of carbonyl (C=O) groups is 1.